The molecule has 57 heavy (non-hydrogen) atoms. The lowest BCUT2D eigenvalue weighted by molar-refractivity contribution is -0.245. The highest BCUT2D eigenvalue weighted by molar-refractivity contribution is 7.99. The summed E-state index contributed by atoms with van der Waals surface area (Å²) in [7, 11) is 1.30. The smallest absolute Gasteiger partial charge is 0.328 e. The Bertz CT molecular complexity index is 2240. The van der Waals surface area contributed by atoms with Gasteiger partial charge in [-0.25, -0.2) is 9.59 Å². The van der Waals surface area contributed by atoms with Gasteiger partial charge in [-0.1, -0.05) is 109 Å². The van der Waals surface area contributed by atoms with Crippen molar-refractivity contribution >= 4 is 23.8 Å². The zero-order valence-corrected chi connectivity index (χ0v) is 31.9. The Kier molecular flexibility index (Phi) is 12.9. The minimum absolute atomic E-state index is 0.0414. The number of hydrogen-bond acceptors (Lipinski definition) is 11. The molecule has 4 N–H and O–H groups in total. The van der Waals surface area contributed by atoms with Crippen molar-refractivity contribution < 1.29 is 34.0 Å². The molecular weight excluding hydrogens is 745 g/mol. The molecule has 1 aromatic heterocycles. The summed E-state index contributed by atoms with van der Waals surface area (Å²) in [5.74, 6) is 0.190. The van der Waals surface area contributed by atoms with Crippen molar-refractivity contribution in [2.45, 2.75) is 55.7 Å². The standard InChI is InChI=1S/C43H42N6O7S/c1-54-40(52)38(23-28-6-3-2-4-7-28)45-42(53)44-25-30-8-5-9-34(22-30)31-14-16-33(17-15-31)41-55-37(24-39(56-41)32-12-10-29(26-50)11-13-32)27-57-43-46-47-48-49(43)35-18-20-36(51)21-19-35/h2-22,37-39,41,50-51H,23-27H2,1H3,(H2,44,45,53). The van der Waals surface area contributed by atoms with Crippen molar-refractivity contribution in [2.75, 3.05) is 12.9 Å². The van der Waals surface area contributed by atoms with E-state index in [1.54, 1.807) is 28.9 Å². The van der Waals surface area contributed by atoms with Crippen LogP contribution >= 0.6 is 11.8 Å². The number of benzene rings is 5. The molecule has 14 heteroatoms. The minimum Gasteiger partial charge on any atom is -0.508 e. The number of carbonyl (C=O) groups excluding carboxylic acids is 2. The number of amides is 2. The van der Waals surface area contributed by atoms with Crippen LogP contribution < -0.4 is 10.6 Å². The molecule has 1 fully saturated rings. The number of aromatic nitrogens is 4. The van der Waals surface area contributed by atoms with Gasteiger partial charge in [0.25, 0.3) is 0 Å². The monoisotopic (exact) mass is 786 g/mol. The number of thioether (sulfide) groups is 1. The average Bonchev–Trinajstić information content (AvgIpc) is 3.74. The highest BCUT2D eigenvalue weighted by Crippen LogP contribution is 2.40. The summed E-state index contributed by atoms with van der Waals surface area (Å²) in [5.41, 5.74) is 7.10. The zero-order valence-electron chi connectivity index (χ0n) is 31.1. The van der Waals surface area contributed by atoms with E-state index in [-0.39, 0.29) is 31.1 Å². The van der Waals surface area contributed by atoms with Crippen LogP contribution in [-0.2, 0) is 38.6 Å². The van der Waals surface area contributed by atoms with E-state index in [0.29, 0.717) is 23.8 Å². The quantitative estimate of drug-likeness (QED) is 0.0707. The molecule has 0 bridgehead atoms. The molecule has 4 unspecified atom stereocenters. The number of phenolic OH excluding ortho intramolecular Hbond substituents is 1. The van der Waals surface area contributed by atoms with Crippen LogP contribution in [0.1, 0.15) is 46.6 Å². The fourth-order valence-electron chi connectivity index (χ4n) is 6.49. The minimum atomic E-state index is -0.828. The number of aliphatic hydroxyl groups is 1. The third-order valence-corrected chi connectivity index (χ3v) is 10.6. The predicted molar refractivity (Wildman–Crippen MR) is 213 cm³/mol. The molecule has 1 aliphatic heterocycles. The number of aliphatic hydroxyl groups excluding tert-OH is 1. The van der Waals surface area contributed by atoms with E-state index in [1.807, 2.05) is 103 Å². The Balaban J connectivity index is 1.01. The van der Waals surface area contributed by atoms with E-state index in [4.69, 9.17) is 14.2 Å². The molecule has 0 aliphatic carbocycles. The maximum atomic E-state index is 12.8. The van der Waals surface area contributed by atoms with Gasteiger partial charge in [-0.2, -0.15) is 4.68 Å². The van der Waals surface area contributed by atoms with Gasteiger partial charge in [0.05, 0.1) is 31.6 Å². The van der Waals surface area contributed by atoms with Gasteiger partial charge in [-0.05, 0) is 74.1 Å². The van der Waals surface area contributed by atoms with Crippen LogP contribution in [0.15, 0.2) is 133 Å². The Morgan fingerprint density at radius 1 is 0.860 bits per heavy atom. The fourth-order valence-corrected chi connectivity index (χ4v) is 7.39. The van der Waals surface area contributed by atoms with Crippen LogP contribution in [-0.4, -0.2) is 67.4 Å². The molecule has 13 nitrogen and oxygen atoms in total. The molecule has 1 aliphatic rings. The Morgan fingerprint density at radius 3 is 2.33 bits per heavy atom. The van der Waals surface area contributed by atoms with Gasteiger partial charge in [0.15, 0.2) is 6.29 Å². The molecule has 2 heterocycles. The fraction of sp³-hybridized carbons (Fsp3) is 0.233. The number of esters is 1. The van der Waals surface area contributed by atoms with Crippen molar-refractivity contribution in [2.24, 2.45) is 0 Å². The number of tetrazole rings is 1. The first-order valence-corrected chi connectivity index (χ1v) is 19.4. The number of phenols is 1. The van der Waals surface area contributed by atoms with E-state index in [0.717, 1.165) is 44.6 Å². The summed E-state index contributed by atoms with van der Waals surface area (Å²) in [6.07, 6.45) is -0.235. The number of hydrogen-bond donors (Lipinski definition) is 4. The summed E-state index contributed by atoms with van der Waals surface area (Å²) in [6.45, 7) is 0.211. The summed E-state index contributed by atoms with van der Waals surface area (Å²) in [4.78, 5) is 25.3. The predicted octanol–water partition coefficient (Wildman–Crippen LogP) is 6.45. The molecular formula is C43H42N6O7S. The molecule has 6 aromatic rings. The number of nitrogens with one attached hydrogen (secondary N) is 2. The number of methoxy groups -OCH3 is 1. The van der Waals surface area contributed by atoms with Crippen LogP contribution in [0.3, 0.4) is 0 Å². The average molecular weight is 787 g/mol. The zero-order chi connectivity index (χ0) is 39.6. The Hall–Kier alpha value is -6.06. The SMILES string of the molecule is COC(=O)C(Cc1ccccc1)NC(=O)NCc1cccc(-c2ccc(C3OC(CSc4nnnn4-c4ccc(O)cc4)CC(c4ccc(CO)cc4)O3)cc2)c1. The molecule has 1 saturated heterocycles. The van der Waals surface area contributed by atoms with Crippen molar-refractivity contribution in [3.05, 3.63) is 155 Å². The number of rotatable bonds is 14. The van der Waals surface area contributed by atoms with Crippen molar-refractivity contribution in [3.63, 3.8) is 0 Å². The van der Waals surface area contributed by atoms with Gasteiger partial charge in [0.2, 0.25) is 5.16 Å². The number of nitrogens with zero attached hydrogens (tertiary/aromatic N) is 4. The van der Waals surface area contributed by atoms with Crippen LogP contribution in [0.4, 0.5) is 4.79 Å². The highest BCUT2D eigenvalue weighted by atomic mass is 32.2. The number of aromatic hydroxyl groups is 1. The van der Waals surface area contributed by atoms with Crippen LogP contribution in [0.25, 0.3) is 16.8 Å². The highest BCUT2D eigenvalue weighted by Gasteiger charge is 2.33. The molecule has 0 radical (unpaired) electrons. The Morgan fingerprint density at radius 2 is 1.60 bits per heavy atom. The molecule has 0 spiro atoms. The van der Waals surface area contributed by atoms with Crippen LogP contribution in [0.2, 0.25) is 0 Å². The van der Waals surface area contributed by atoms with Gasteiger partial charge < -0.3 is 35.1 Å². The lowest BCUT2D eigenvalue weighted by atomic mass is 9.99. The number of ether oxygens (including phenoxy) is 3. The second kappa shape index (κ2) is 18.7. The lowest BCUT2D eigenvalue weighted by Crippen LogP contribution is -2.47. The third-order valence-electron chi connectivity index (χ3n) is 9.52. The third kappa shape index (κ3) is 10.2. The first-order chi connectivity index (χ1) is 27.8. The number of urea groups is 1. The largest absolute Gasteiger partial charge is 0.508 e. The van der Waals surface area contributed by atoms with Gasteiger partial charge >= 0.3 is 12.0 Å². The Labute approximate surface area is 334 Å². The van der Waals surface area contributed by atoms with E-state index in [9.17, 15) is 19.8 Å². The molecule has 0 saturated carbocycles. The molecule has 7 rings (SSSR count). The second-order valence-electron chi connectivity index (χ2n) is 13.5. The lowest BCUT2D eigenvalue weighted by Gasteiger charge is -2.36. The molecule has 5 aromatic carbocycles. The topological polar surface area (TPSA) is 170 Å². The second-order valence-corrected chi connectivity index (χ2v) is 14.5. The van der Waals surface area contributed by atoms with Gasteiger partial charge in [0, 0.05) is 30.7 Å². The van der Waals surface area contributed by atoms with Gasteiger partial charge in [-0.15, -0.1) is 5.10 Å². The normalized spacial score (nSPS) is 17.1. The maximum absolute atomic E-state index is 12.8. The van der Waals surface area contributed by atoms with Gasteiger partial charge in [0.1, 0.15) is 11.8 Å². The molecule has 2 amide bonds. The van der Waals surface area contributed by atoms with Crippen molar-refractivity contribution in [3.8, 4) is 22.6 Å². The first-order valence-electron chi connectivity index (χ1n) is 18.4. The summed E-state index contributed by atoms with van der Waals surface area (Å²) >= 11 is 1.47. The van der Waals surface area contributed by atoms with E-state index in [1.165, 1.54) is 18.9 Å². The molecule has 292 valence electrons. The van der Waals surface area contributed by atoms with E-state index in [2.05, 4.69) is 26.2 Å². The first kappa shape index (κ1) is 39.2. The maximum Gasteiger partial charge on any atom is 0.328 e. The summed E-state index contributed by atoms with van der Waals surface area (Å²) in [6, 6.07) is 38.4. The van der Waals surface area contributed by atoms with Crippen molar-refractivity contribution in [1.82, 2.24) is 30.8 Å². The van der Waals surface area contributed by atoms with Crippen LogP contribution in [0, 0.1) is 0 Å². The number of carbonyl (C=O) groups is 2. The van der Waals surface area contributed by atoms with Gasteiger partial charge in [-0.3, -0.25) is 0 Å². The van der Waals surface area contributed by atoms with Crippen molar-refractivity contribution in [1.29, 1.82) is 0 Å². The van der Waals surface area contributed by atoms with E-state index < -0.39 is 24.3 Å². The molecule has 4 atom stereocenters. The summed E-state index contributed by atoms with van der Waals surface area (Å²) < 4.78 is 19.7. The summed E-state index contributed by atoms with van der Waals surface area (Å²) in [5, 5.41) is 37.7. The van der Waals surface area contributed by atoms with Crippen LogP contribution in [0.5, 0.6) is 5.75 Å². The van der Waals surface area contributed by atoms with E-state index >= 15 is 0 Å².